The zero-order chi connectivity index (χ0) is 17.6. The molecule has 2 aromatic heterocycles. The van der Waals surface area contributed by atoms with Gasteiger partial charge in [0.15, 0.2) is 5.65 Å². The van der Waals surface area contributed by atoms with Gasteiger partial charge in [0.2, 0.25) is 0 Å². The Morgan fingerprint density at radius 2 is 2.08 bits per heavy atom. The van der Waals surface area contributed by atoms with Gasteiger partial charge in [-0.1, -0.05) is 12.1 Å². The summed E-state index contributed by atoms with van der Waals surface area (Å²) in [6.45, 7) is 2.04. The van der Waals surface area contributed by atoms with Crippen LogP contribution in [0.5, 0.6) is 0 Å². The molecule has 0 aliphatic carbocycles. The Kier molecular flexibility index (Phi) is 3.73. The van der Waals surface area contributed by atoms with Gasteiger partial charge in [-0.25, -0.2) is 14.4 Å². The standard InChI is InChI=1S/C18H17FN4O2/c1-10-21-16-14(6-7-20-17(16)22-10)18(25)23-9-13(24)8-15(23)11-2-4-12(19)5-3-11/h2-7,13,15,24H,8-9H2,1H3,(H,20,21,22)/t13-,15+/m1/s1. The van der Waals surface area contributed by atoms with Gasteiger partial charge in [-0.15, -0.1) is 0 Å². The number of hydrogen-bond donors (Lipinski definition) is 2. The van der Waals surface area contributed by atoms with Crippen molar-refractivity contribution in [2.24, 2.45) is 0 Å². The zero-order valence-electron chi connectivity index (χ0n) is 13.6. The topological polar surface area (TPSA) is 82.1 Å². The first-order valence-corrected chi connectivity index (χ1v) is 8.09. The minimum absolute atomic E-state index is 0.207. The number of nitrogens with one attached hydrogen (secondary N) is 1. The Balaban J connectivity index is 1.73. The van der Waals surface area contributed by atoms with E-state index in [-0.39, 0.29) is 24.3 Å². The summed E-state index contributed by atoms with van der Waals surface area (Å²) in [4.78, 5) is 26.3. The maximum absolute atomic E-state index is 13.2. The Hall–Kier alpha value is -2.80. The lowest BCUT2D eigenvalue weighted by Gasteiger charge is -2.25. The molecule has 3 aromatic rings. The minimum Gasteiger partial charge on any atom is -0.391 e. The Morgan fingerprint density at radius 3 is 2.84 bits per heavy atom. The van der Waals surface area contributed by atoms with Crippen LogP contribution in [-0.4, -0.2) is 43.5 Å². The first-order chi connectivity index (χ1) is 12.0. The number of aliphatic hydroxyl groups excluding tert-OH is 1. The number of benzene rings is 1. The number of rotatable bonds is 2. The molecule has 0 unspecified atom stereocenters. The summed E-state index contributed by atoms with van der Waals surface area (Å²) in [5, 5.41) is 10.1. The number of aromatic amines is 1. The van der Waals surface area contributed by atoms with Crippen molar-refractivity contribution in [1.29, 1.82) is 0 Å². The van der Waals surface area contributed by atoms with Crippen molar-refractivity contribution >= 4 is 17.1 Å². The van der Waals surface area contributed by atoms with Crippen molar-refractivity contribution in [3.8, 4) is 0 Å². The molecular weight excluding hydrogens is 323 g/mol. The molecule has 0 bridgehead atoms. The molecule has 0 spiro atoms. The molecule has 4 rings (SSSR count). The van der Waals surface area contributed by atoms with E-state index in [2.05, 4.69) is 15.0 Å². The van der Waals surface area contributed by atoms with E-state index in [0.717, 1.165) is 5.56 Å². The molecule has 1 aliphatic rings. The van der Waals surface area contributed by atoms with Crippen molar-refractivity contribution in [3.05, 3.63) is 59.3 Å². The van der Waals surface area contributed by atoms with E-state index in [4.69, 9.17) is 0 Å². The van der Waals surface area contributed by atoms with Crippen LogP contribution in [0.4, 0.5) is 4.39 Å². The molecular formula is C18H17FN4O2. The summed E-state index contributed by atoms with van der Waals surface area (Å²) in [6, 6.07) is 7.39. The highest BCUT2D eigenvalue weighted by atomic mass is 19.1. The quantitative estimate of drug-likeness (QED) is 0.750. The average molecular weight is 340 g/mol. The molecule has 1 aliphatic heterocycles. The second-order valence-corrected chi connectivity index (χ2v) is 6.29. The fourth-order valence-electron chi connectivity index (χ4n) is 3.40. The van der Waals surface area contributed by atoms with Crippen LogP contribution in [0.1, 0.15) is 34.2 Å². The molecule has 1 fully saturated rings. The van der Waals surface area contributed by atoms with Gasteiger partial charge in [0.1, 0.15) is 11.6 Å². The number of hydrogen-bond acceptors (Lipinski definition) is 4. The van der Waals surface area contributed by atoms with Crippen molar-refractivity contribution in [2.75, 3.05) is 6.54 Å². The fraction of sp³-hybridized carbons (Fsp3) is 0.278. The molecule has 1 saturated heterocycles. The van der Waals surface area contributed by atoms with Crippen LogP contribution in [0.3, 0.4) is 0 Å². The van der Waals surface area contributed by atoms with Crippen LogP contribution >= 0.6 is 0 Å². The number of carbonyl (C=O) groups excluding carboxylic acids is 1. The zero-order valence-corrected chi connectivity index (χ0v) is 13.6. The van der Waals surface area contributed by atoms with Gasteiger partial charge in [0.05, 0.1) is 23.2 Å². The predicted octanol–water partition coefficient (Wildman–Crippen LogP) is 2.35. The molecule has 0 radical (unpaired) electrons. The highest BCUT2D eigenvalue weighted by Gasteiger charge is 2.36. The van der Waals surface area contributed by atoms with Crippen LogP contribution in [0, 0.1) is 12.7 Å². The molecule has 2 atom stereocenters. The van der Waals surface area contributed by atoms with E-state index in [1.54, 1.807) is 36.2 Å². The normalized spacial score (nSPS) is 20.4. The van der Waals surface area contributed by atoms with E-state index in [0.29, 0.717) is 29.0 Å². The Labute approximate surface area is 143 Å². The number of nitrogens with zero attached hydrogens (tertiary/aromatic N) is 3. The van der Waals surface area contributed by atoms with Crippen molar-refractivity contribution in [2.45, 2.75) is 25.5 Å². The number of H-pyrrole nitrogens is 1. The summed E-state index contributed by atoms with van der Waals surface area (Å²) in [6.07, 6.45) is 1.36. The van der Waals surface area contributed by atoms with E-state index in [1.165, 1.54) is 12.1 Å². The first kappa shape index (κ1) is 15.7. The van der Waals surface area contributed by atoms with Crippen molar-refractivity contribution in [1.82, 2.24) is 19.9 Å². The number of β-amino-alcohol motifs (C(OH)–C–C–N with tert-alkyl or cyclic N) is 1. The van der Waals surface area contributed by atoms with Gasteiger partial charge < -0.3 is 15.0 Å². The molecule has 1 amide bonds. The second-order valence-electron chi connectivity index (χ2n) is 6.29. The van der Waals surface area contributed by atoms with Crippen LogP contribution in [0.15, 0.2) is 36.5 Å². The number of aromatic nitrogens is 3. The molecule has 7 heteroatoms. The van der Waals surface area contributed by atoms with Crippen molar-refractivity contribution in [3.63, 3.8) is 0 Å². The maximum Gasteiger partial charge on any atom is 0.256 e. The van der Waals surface area contributed by atoms with Gasteiger partial charge in [-0.3, -0.25) is 4.79 Å². The average Bonchev–Trinajstić information content (AvgIpc) is 3.16. The molecule has 128 valence electrons. The maximum atomic E-state index is 13.2. The molecule has 2 N–H and O–H groups in total. The molecule has 0 saturated carbocycles. The summed E-state index contributed by atoms with van der Waals surface area (Å²) in [5.74, 6) is 0.144. The number of imidazole rings is 1. The van der Waals surface area contributed by atoms with Crippen LogP contribution in [0.2, 0.25) is 0 Å². The number of halogens is 1. The number of aryl methyl sites for hydroxylation is 1. The minimum atomic E-state index is -0.611. The summed E-state index contributed by atoms with van der Waals surface area (Å²) in [5.41, 5.74) is 2.34. The molecule has 6 nitrogen and oxygen atoms in total. The van der Waals surface area contributed by atoms with Gasteiger partial charge in [0, 0.05) is 12.7 Å². The number of carbonyl (C=O) groups is 1. The highest BCUT2D eigenvalue weighted by molar-refractivity contribution is 6.04. The third kappa shape index (κ3) is 2.76. The lowest BCUT2D eigenvalue weighted by Crippen LogP contribution is -2.32. The van der Waals surface area contributed by atoms with Gasteiger partial charge in [-0.2, -0.15) is 0 Å². The highest BCUT2D eigenvalue weighted by Crippen LogP contribution is 2.34. The fourth-order valence-corrected chi connectivity index (χ4v) is 3.40. The summed E-state index contributed by atoms with van der Waals surface area (Å²) in [7, 11) is 0. The predicted molar refractivity (Wildman–Crippen MR) is 89.4 cm³/mol. The van der Waals surface area contributed by atoms with E-state index < -0.39 is 6.10 Å². The lowest BCUT2D eigenvalue weighted by atomic mass is 10.0. The second kappa shape index (κ2) is 5.93. The smallest absolute Gasteiger partial charge is 0.256 e. The number of fused-ring (bicyclic) bond motifs is 1. The summed E-state index contributed by atoms with van der Waals surface area (Å²) >= 11 is 0. The van der Waals surface area contributed by atoms with Crippen LogP contribution in [-0.2, 0) is 0 Å². The van der Waals surface area contributed by atoms with E-state index in [1.807, 2.05) is 0 Å². The monoisotopic (exact) mass is 340 g/mol. The Bertz CT molecular complexity index is 938. The largest absolute Gasteiger partial charge is 0.391 e. The van der Waals surface area contributed by atoms with E-state index >= 15 is 0 Å². The number of aliphatic hydroxyl groups is 1. The van der Waals surface area contributed by atoms with E-state index in [9.17, 15) is 14.3 Å². The number of amides is 1. The van der Waals surface area contributed by atoms with Crippen LogP contribution in [0.25, 0.3) is 11.2 Å². The third-order valence-electron chi connectivity index (χ3n) is 4.54. The first-order valence-electron chi connectivity index (χ1n) is 8.09. The summed E-state index contributed by atoms with van der Waals surface area (Å²) < 4.78 is 13.2. The van der Waals surface area contributed by atoms with Gasteiger partial charge in [0.25, 0.3) is 5.91 Å². The van der Waals surface area contributed by atoms with Crippen LogP contribution < -0.4 is 0 Å². The number of likely N-dealkylation sites (tertiary alicyclic amines) is 1. The van der Waals surface area contributed by atoms with Gasteiger partial charge >= 0.3 is 0 Å². The number of pyridine rings is 1. The molecule has 3 heterocycles. The Morgan fingerprint density at radius 1 is 1.32 bits per heavy atom. The lowest BCUT2D eigenvalue weighted by molar-refractivity contribution is 0.0717. The van der Waals surface area contributed by atoms with Gasteiger partial charge in [-0.05, 0) is 37.1 Å². The van der Waals surface area contributed by atoms with Crippen molar-refractivity contribution < 1.29 is 14.3 Å². The molecule has 25 heavy (non-hydrogen) atoms. The SMILES string of the molecule is Cc1nc2nccc(C(=O)N3C[C@H](O)C[C@H]3c3ccc(F)cc3)c2[nH]1. The third-order valence-corrected chi connectivity index (χ3v) is 4.54. The molecule has 1 aromatic carbocycles.